The Balaban J connectivity index is 1.97. The van der Waals surface area contributed by atoms with Crippen LogP contribution in [-0.2, 0) is 9.53 Å². The fraction of sp³-hybridized carbons (Fsp3) is 0.500. The number of Topliss-reactive ketones (excluding diaryl/α,β-unsaturated/α-hetero) is 1. The van der Waals surface area contributed by atoms with Gasteiger partial charge in [0.15, 0.2) is 0 Å². The van der Waals surface area contributed by atoms with Crippen LogP contribution < -0.4 is 0 Å². The average Bonchev–Trinajstić information content (AvgIpc) is 2.46. The van der Waals surface area contributed by atoms with E-state index in [9.17, 15) is 9.59 Å². The zero-order chi connectivity index (χ0) is 17.0. The molecule has 0 heterocycles. The summed E-state index contributed by atoms with van der Waals surface area (Å²) in [7, 11) is 0. The molecule has 3 nitrogen and oxygen atoms in total. The van der Waals surface area contributed by atoms with E-state index >= 15 is 0 Å². The Labute approximate surface area is 138 Å². The molecule has 1 aromatic carbocycles. The molecule has 1 aliphatic rings. The van der Waals surface area contributed by atoms with Crippen molar-refractivity contribution in [2.24, 2.45) is 17.3 Å². The number of carbonyl (C=O) groups is 2. The minimum Gasteiger partial charge on any atom is -0.459 e. The second-order valence-corrected chi connectivity index (χ2v) is 7.21. The predicted molar refractivity (Wildman–Crippen MR) is 91.1 cm³/mol. The molecule has 3 atom stereocenters. The molecule has 0 saturated carbocycles. The molecular weight excluding hydrogens is 288 g/mol. The van der Waals surface area contributed by atoms with Crippen LogP contribution in [0.25, 0.3) is 0 Å². The number of carbonyl (C=O) groups excluding carboxylic acids is 2. The molecule has 124 valence electrons. The minimum absolute atomic E-state index is 0.0228. The van der Waals surface area contributed by atoms with E-state index in [0.29, 0.717) is 5.56 Å². The molecule has 1 aliphatic carbocycles. The highest BCUT2D eigenvalue weighted by molar-refractivity contribution is 5.90. The first-order valence-electron chi connectivity index (χ1n) is 8.26. The SMILES string of the molecule is CC(CC(=O)[C@@H]1[C@@H](C)C=CCC1(C)C)OC(=O)c1ccccc1. The Hall–Kier alpha value is -1.90. The van der Waals surface area contributed by atoms with Crippen LogP contribution in [0.2, 0.25) is 0 Å². The van der Waals surface area contributed by atoms with Gasteiger partial charge in [0, 0.05) is 12.3 Å². The first-order chi connectivity index (χ1) is 10.8. The second-order valence-electron chi connectivity index (χ2n) is 7.21. The number of rotatable bonds is 5. The van der Waals surface area contributed by atoms with Gasteiger partial charge in [-0.2, -0.15) is 0 Å². The summed E-state index contributed by atoms with van der Waals surface area (Å²) in [6, 6.07) is 8.88. The van der Waals surface area contributed by atoms with Gasteiger partial charge >= 0.3 is 5.97 Å². The summed E-state index contributed by atoms with van der Waals surface area (Å²) in [5.41, 5.74) is 0.468. The van der Waals surface area contributed by atoms with Gasteiger partial charge in [-0.05, 0) is 36.8 Å². The Bertz CT molecular complexity index is 586. The number of ether oxygens (including phenoxy) is 1. The molecule has 3 heteroatoms. The van der Waals surface area contributed by atoms with Gasteiger partial charge < -0.3 is 4.74 Å². The van der Waals surface area contributed by atoms with E-state index in [0.717, 1.165) is 6.42 Å². The van der Waals surface area contributed by atoms with Crippen molar-refractivity contribution in [1.29, 1.82) is 0 Å². The van der Waals surface area contributed by atoms with Crippen LogP contribution in [-0.4, -0.2) is 17.9 Å². The summed E-state index contributed by atoms with van der Waals surface area (Å²) in [6.07, 6.45) is 5.04. The van der Waals surface area contributed by atoms with E-state index in [4.69, 9.17) is 4.74 Å². The summed E-state index contributed by atoms with van der Waals surface area (Å²) in [6.45, 7) is 8.14. The van der Waals surface area contributed by atoms with E-state index in [2.05, 4.69) is 32.9 Å². The molecule has 1 aromatic rings. The topological polar surface area (TPSA) is 43.4 Å². The van der Waals surface area contributed by atoms with Crippen molar-refractivity contribution < 1.29 is 14.3 Å². The van der Waals surface area contributed by atoms with Crippen molar-refractivity contribution in [2.45, 2.75) is 46.6 Å². The highest BCUT2D eigenvalue weighted by Gasteiger charge is 2.39. The van der Waals surface area contributed by atoms with Gasteiger partial charge in [0.1, 0.15) is 11.9 Å². The van der Waals surface area contributed by atoms with E-state index in [1.165, 1.54) is 0 Å². The van der Waals surface area contributed by atoms with Crippen LogP contribution in [0.5, 0.6) is 0 Å². The molecule has 0 aromatic heterocycles. The van der Waals surface area contributed by atoms with E-state index in [1.807, 2.05) is 6.07 Å². The van der Waals surface area contributed by atoms with Crippen LogP contribution in [0.3, 0.4) is 0 Å². The lowest BCUT2D eigenvalue weighted by atomic mass is 9.65. The highest BCUT2D eigenvalue weighted by atomic mass is 16.5. The Morgan fingerprint density at radius 2 is 1.91 bits per heavy atom. The van der Waals surface area contributed by atoms with Gasteiger partial charge in [0.25, 0.3) is 0 Å². The van der Waals surface area contributed by atoms with Crippen molar-refractivity contribution in [3.63, 3.8) is 0 Å². The van der Waals surface area contributed by atoms with E-state index < -0.39 is 6.10 Å². The largest absolute Gasteiger partial charge is 0.459 e. The fourth-order valence-corrected chi connectivity index (χ4v) is 3.54. The maximum atomic E-state index is 12.7. The third-order valence-corrected chi connectivity index (χ3v) is 4.60. The first-order valence-corrected chi connectivity index (χ1v) is 8.26. The third kappa shape index (κ3) is 4.31. The number of hydrogen-bond acceptors (Lipinski definition) is 3. The summed E-state index contributed by atoms with van der Waals surface area (Å²) in [4.78, 5) is 24.8. The lowest BCUT2D eigenvalue weighted by molar-refractivity contribution is -0.130. The summed E-state index contributed by atoms with van der Waals surface area (Å²) in [5, 5.41) is 0. The average molecular weight is 314 g/mol. The zero-order valence-corrected chi connectivity index (χ0v) is 14.4. The molecule has 0 aliphatic heterocycles. The number of benzene rings is 1. The van der Waals surface area contributed by atoms with Gasteiger partial charge in [0.2, 0.25) is 0 Å². The zero-order valence-electron chi connectivity index (χ0n) is 14.4. The van der Waals surface area contributed by atoms with Crippen molar-refractivity contribution in [1.82, 2.24) is 0 Å². The molecule has 0 radical (unpaired) electrons. The van der Waals surface area contributed by atoms with Crippen LogP contribution in [0.4, 0.5) is 0 Å². The number of hydrogen-bond donors (Lipinski definition) is 0. The van der Waals surface area contributed by atoms with Gasteiger partial charge in [-0.25, -0.2) is 4.79 Å². The second kappa shape index (κ2) is 7.12. The standard InChI is InChI=1S/C20H26O3/c1-14-9-8-12-20(3,4)18(14)17(21)13-15(2)23-19(22)16-10-6-5-7-11-16/h5-11,14-15,18H,12-13H2,1-4H3/t14-,15?,18-/m0/s1. The van der Waals surface area contributed by atoms with Crippen LogP contribution in [0.15, 0.2) is 42.5 Å². The van der Waals surface area contributed by atoms with Crippen molar-refractivity contribution >= 4 is 11.8 Å². The highest BCUT2D eigenvalue weighted by Crippen LogP contribution is 2.41. The maximum Gasteiger partial charge on any atom is 0.338 e. The van der Waals surface area contributed by atoms with Crippen molar-refractivity contribution in [3.05, 3.63) is 48.0 Å². The number of ketones is 1. The van der Waals surface area contributed by atoms with Crippen LogP contribution in [0.1, 0.15) is 50.9 Å². The molecule has 0 bridgehead atoms. The normalized spacial score (nSPS) is 24.0. The number of allylic oxidation sites excluding steroid dienone is 2. The molecule has 0 amide bonds. The molecule has 0 spiro atoms. The molecular formula is C20H26O3. The Kier molecular flexibility index (Phi) is 5.40. The van der Waals surface area contributed by atoms with Crippen LogP contribution >= 0.6 is 0 Å². The molecule has 0 N–H and O–H groups in total. The monoisotopic (exact) mass is 314 g/mol. The smallest absolute Gasteiger partial charge is 0.338 e. The van der Waals surface area contributed by atoms with E-state index in [1.54, 1.807) is 31.2 Å². The van der Waals surface area contributed by atoms with Gasteiger partial charge in [0.05, 0.1) is 5.56 Å². The summed E-state index contributed by atoms with van der Waals surface area (Å²) in [5.74, 6) is 0.00983. The minimum atomic E-state index is -0.413. The molecule has 0 fully saturated rings. The molecule has 2 rings (SSSR count). The lowest BCUT2D eigenvalue weighted by Gasteiger charge is -2.39. The first kappa shape index (κ1) is 17.5. The maximum absolute atomic E-state index is 12.7. The number of esters is 1. The Morgan fingerprint density at radius 3 is 2.52 bits per heavy atom. The lowest BCUT2D eigenvalue weighted by Crippen LogP contribution is -2.38. The third-order valence-electron chi connectivity index (χ3n) is 4.60. The molecule has 23 heavy (non-hydrogen) atoms. The van der Waals surface area contributed by atoms with Gasteiger partial charge in [-0.1, -0.05) is 51.1 Å². The Morgan fingerprint density at radius 1 is 1.26 bits per heavy atom. The van der Waals surface area contributed by atoms with Crippen LogP contribution in [0, 0.1) is 17.3 Å². The molecule has 0 saturated heterocycles. The fourth-order valence-electron chi connectivity index (χ4n) is 3.54. The molecule has 1 unspecified atom stereocenters. The van der Waals surface area contributed by atoms with Gasteiger partial charge in [-0.15, -0.1) is 0 Å². The van der Waals surface area contributed by atoms with E-state index in [-0.39, 0.29) is 35.4 Å². The van der Waals surface area contributed by atoms with Gasteiger partial charge in [-0.3, -0.25) is 4.79 Å². The summed E-state index contributed by atoms with van der Waals surface area (Å²) >= 11 is 0. The van der Waals surface area contributed by atoms with Crippen molar-refractivity contribution in [3.8, 4) is 0 Å². The predicted octanol–water partition coefficient (Wildman–Crippen LogP) is 4.43. The quantitative estimate of drug-likeness (QED) is 0.596. The summed E-state index contributed by atoms with van der Waals surface area (Å²) < 4.78 is 5.42. The van der Waals surface area contributed by atoms with Crippen molar-refractivity contribution in [2.75, 3.05) is 0 Å².